The predicted octanol–water partition coefficient (Wildman–Crippen LogP) is 3.46. The van der Waals surface area contributed by atoms with Crippen molar-refractivity contribution in [3.63, 3.8) is 0 Å². The maximum atomic E-state index is 12.9. The Morgan fingerprint density at radius 2 is 1.85 bits per heavy atom. The summed E-state index contributed by atoms with van der Waals surface area (Å²) in [5.41, 5.74) is 2.20. The molecule has 2 aromatic rings. The lowest BCUT2D eigenvalue weighted by atomic mass is 9.87. The number of carbonyl (C=O) groups excluding carboxylic acids is 2. The highest BCUT2D eigenvalue weighted by molar-refractivity contribution is 5.99. The van der Waals surface area contributed by atoms with Crippen LogP contribution in [0.15, 0.2) is 48.5 Å². The molecule has 2 aliphatic rings. The van der Waals surface area contributed by atoms with E-state index in [0.29, 0.717) is 5.56 Å². The van der Waals surface area contributed by atoms with Crippen molar-refractivity contribution >= 4 is 11.8 Å². The summed E-state index contributed by atoms with van der Waals surface area (Å²) in [5.74, 6) is 0.646. The number of ether oxygens (including phenoxy) is 1. The highest BCUT2D eigenvalue weighted by Gasteiger charge is 2.40. The Labute approximate surface area is 159 Å². The molecule has 0 aromatic heterocycles. The van der Waals surface area contributed by atoms with Crippen molar-refractivity contribution in [2.24, 2.45) is 0 Å². The quantitative estimate of drug-likeness (QED) is 0.854. The van der Waals surface area contributed by atoms with Crippen molar-refractivity contribution < 1.29 is 14.3 Å². The van der Waals surface area contributed by atoms with Crippen LogP contribution in [0.5, 0.6) is 5.75 Å². The van der Waals surface area contributed by atoms with Crippen molar-refractivity contribution in [2.45, 2.75) is 43.7 Å². The molecule has 1 aliphatic heterocycles. The minimum atomic E-state index is -0.397. The third-order valence-electron chi connectivity index (χ3n) is 5.73. The molecule has 1 unspecified atom stereocenters. The summed E-state index contributed by atoms with van der Waals surface area (Å²) in [6.45, 7) is 0. The van der Waals surface area contributed by atoms with Gasteiger partial charge in [0.1, 0.15) is 5.75 Å². The van der Waals surface area contributed by atoms with Crippen LogP contribution in [-0.4, -0.2) is 18.9 Å². The molecule has 1 fully saturated rings. The van der Waals surface area contributed by atoms with Gasteiger partial charge < -0.3 is 15.4 Å². The molecule has 2 aromatic carbocycles. The van der Waals surface area contributed by atoms with Crippen molar-refractivity contribution in [3.05, 3.63) is 65.2 Å². The summed E-state index contributed by atoms with van der Waals surface area (Å²) in [5, 5.41) is 6.21. The van der Waals surface area contributed by atoms with Gasteiger partial charge in [0.25, 0.3) is 5.91 Å². The number of rotatable bonds is 5. The van der Waals surface area contributed by atoms with Crippen molar-refractivity contribution in [2.75, 3.05) is 7.11 Å². The fourth-order valence-electron chi connectivity index (χ4n) is 4.47. The zero-order valence-electron chi connectivity index (χ0n) is 15.5. The summed E-state index contributed by atoms with van der Waals surface area (Å²) in [7, 11) is 1.66. The zero-order chi connectivity index (χ0) is 18.9. The molecule has 1 aliphatic carbocycles. The largest absolute Gasteiger partial charge is 0.496 e. The van der Waals surface area contributed by atoms with E-state index in [4.69, 9.17) is 4.74 Å². The molecule has 0 saturated heterocycles. The minimum Gasteiger partial charge on any atom is -0.496 e. The molecule has 1 heterocycles. The Balaban J connectivity index is 1.55. The van der Waals surface area contributed by atoms with E-state index in [9.17, 15) is 9.59 Å². The zero-order valence-corrected chi connectivity index (χ0v) is 15.5. The molecular formula is C22H24N2O3. The highest BCUT2D eigenvalue weighted by Crippen LogP contribution is 2.43. The lowest BCUT2D eigenvalue weighted by Gasteiger charge is -2.32. The molecule has 0 spiro atoms. The topological polar surface area (TPSA) is 67.4 Å². The second kappa shape index (κ2) is 7.06. The van der Waals surface area contributed by atoms with Crippen LogP contribution in [0.3, 0.4) is 0 Å². The van der Waals surface area contributed by atoms with Crippen LogP contribution in [0.4, 0.5) is 0 Å². The number of fused-ring (bicyclic) bond motifs is 1. The number of methoxy groups -OCH3 is 1. The van der Waals surface area contributed by atoms with E-state index in [1.54, 1.807) is 13.2 Å². The van der Waals surface area contributed by atoms with Gasteiger partial charge in [-0.1, -0.05) is 49.2 Å². The van der Waals surface area contributed by atoms with Gasteiger partial charge in [0.15, 0.2) is 0 Å². The van der Waals surface area contributed by atoms with Crippen molar-refractivity contribution in [1.29, 1.82) is 0 Å². The average Bonchev–Trinajstić information content (AvgIpc) is 3.28. The Kier molecular flexibility index (Phi) is 4.60. The predicted molar refractivity (Wildman–Crippen MR) is 103 cm³/mol. The normalized spacial score (nSPS) is 20.0. The second-order valence-electron chi connectivity index (χ2n) is 7.36. The van der Waals surface area contributed by atoms with Gasteiger partial charge in [-0.25, -0.2) is 0 Å². The fourth-order valence-corrected chi connectivity index (χ4v) is 4.47. The first-order chi connectivity index (χ1) is 13.1. The van der Waals surface area contributed by atoms with E-state index >= 15 is 0 Å². The Hall–Kier alpha value is -2.82. The van der Waals surface area contributed by atoms with Gasteiger partial charge in [-0.3, -0.25) is 9.59 Å². The van der Waals surface area contributed by atoms with E-state index in [1.165, 1.54) is 0 Å². The number of hydrogen-bond donors (Lipinski definition) is 2. The number of hydrogen-bond acceptors (Lipinski definition) is 3. The van der Waals surface area contributed by atoms with Crippen LogP contribution in [0.1, 0.15) is 59.6 Å². The van der Waals surface area contributed by atoms with Gasteiger partial charge in [-0.15, -0.1) is 0 Å². The maximum absolute atomic E-state index is 12.9. The van der Waals surface area contributed by atoms with Gasteiger partial charge in [0.05, 0.1) is 25.1 Å². The first-order valence-electron chi connectivity index (χ1n) is 9.47. The number of carbonyl (C=O) groups is 2. The molecule has 27 heavy (non-hydrogen) atoms. The molecule has 1 saturated carbocycles. The Morgan fingerprint density at radius 3 is 2.63 bits per heavy atom. The molecule has 2 amide bonds. The highest BCUT2D eigenvalue weighted by atomic mass is 16.5. The monoisotopic (exact) mass is 364 g/mol. The van der Waals surface area contributed by atoms with Crippen LogP contribution in [0.2, 0.25) is 0 Å². The van der Waals surface area contributed by atoms with Gasteiger partial charge in [0.2, 0.25) is 5.91 Å². The van der Waals surface area contributed by atoms with E-state index < -0.39 is 5.54 Å². The Morgan fingerprint density at radius 1 is 1.15 bits per heavy atom. The standard InChI is InChI=1S/C22H24N2O3/c1-27-19-11-5-4-10-17(19)22(12-6-7-13-22)24-20(25)14-18-15-8-2-3-9-16(15)21(26)23-18/h2-5,8-11,18H,6-7,12-14H2,1H3,(H,23,26)(H,24,25). The van der Waals surface area contributed by atoms with Gasteiger partial charge in [-0.2, -0.15) is 0 Å². The maximum Gasteiger partial charge on any atom is 0.252 e. The molecular weight excluding hydrogens is 340 g/mol. The lowest BCUT2D eigenvalue weighted by Crippen LogP contribution is -2.45. The molecule has 1 atom stereocenters. The number of para-hydroxylation sites is 1. The number of amides is 2. The average molecular weight is 364 g/mol. The van der Waals surface area contributed by atoms with Gasteiger partial charge >= 0.3 is 0 Å². The minimum absolute atomic E-state index is 0.0511. The van der Waals surface area contributed by atoms with Crippen molar-refractivity contribution in [1.82, 2.24) is 10.6 Å². The third kappa shape index (κ3) is 3.18. The second-order valence-corrected chi connectivity index (χ2v) is 7.36. The summed E-state index contributed by atoms with van der Waals surface area (Å²) in [6.07, 6.45) is 4.17. The van der Waals surface area contributed by atoms with E-state index in [-0.39, 0.29) is 24.3 Å². The smallest absolute Gasteiger partial charge is 0.252 e. The van der Waals surface area contributed by atoms with E-state index in [2.05, 4.69) is 10.6 Å². The summed E-state index contributed by atoms with van der Waals surface area (Å²) < 4.78 is 5.55. The van der Waals surface area contributed by atoms with Crippen LogP contribution in [0, 0.1) is 0 Å². The van der Waals surface area contributed by atoms with E-state index in [0.717, 1.165) is 42.6 Å². The molecule has 5 nitrogen and oxygen atoms in total. The Bertz CT molecular complexity index is 871. The fraction of sp³-hybridized carbons (Fsp3) is 0.364. The molecule has 2 N–H and O–H groups in total. The summed E-state index contributed by atoms with van der Waals surface area (Å²) >= 11 is 0. The summed E-state index contributed by atoms with van der Waals surface area (Å²) in [6, 6.07) is 15.1. The van der Waals surface area contributed by atoms with Crippen LogP contribution >= 0.6 is 0 Å². The van der Waals surface area contributed by atoms with Gasteiger partial charge in [0, 0.05) is 11.1 Å². The lowest BCUT2D eigenvalue weighted by molar-refractivity contribution is -0.123. The number of nitrogens with one attached hydrogen (secondary N) is 2. The van der Waals surface area contributed by atoms with Crippen LogP contribution < -0.4 is 15.4 Å². The molecule has 5 heteroatoms. The summed E-state index contributed by atoms with van der Waals surface area (Å²) in [4.78, 5) is 25.1. The third-order valence-corrected chi connectivity index (χ3v) is 5.73. The van der Waals surface area contributed by atoms with E-state index in [1.807, 2.05) is 42.5 Å². The first kappa shape index (κ1) is 17.6. The molecule has 0 bridgehead atoms. The molecule has 4 rings (SSSR count). The molecule has 140 valence electrons. The number of benzene rings is 2. The molecule has 0 radical (unpaired) electrons. The van der Waals surface area contributed by atoms with Gasteiger partial charge in [-0.05, 0) is 30.5 Å². The SMILES string of the molecule is COc1ccccc1C1(NC(=O)CC2NC(=O)c3ccccc32)CCCC1. The van der Waals surface area contributed by atoms with Crippen LogP contribution in [-0.2, 0) is 10.3 Å². The first-order valence-corrected chi connectivity index (χ1v) is 9.47. The van der Waals surface area contributed by atoms with Crippen molar-refractivity contribution in [3.8, 4) is 5.75 Å². The van der Waals surface area contributed by atoms with Crippen LogP contribution in [0.25, 0.3) is 0 Å².